The number of aromatic nitrogens is 2. The minimum atomic E-state index is -0.690. The number of hydrogen-bond acceptors (Lipinski definition) is 5. The summed E-state index contributed by atoms with van der Waals surface area (Å²) in [4.78, 5) is 23.3. The Morgan fingerprint density at radius 1 is 1.39 bits per heavy atom. The summed E-state index contributed by atoms with van der Waals surface area (Å²) in [7, 11) is 0. The zero-order valence-corrected chi connectivity index (χ0v) is 11.0. The van der Waals surface area contributed by atoms with E-state index in [1.165, 1.54) is 0 Å². The van der Waals surface area contributed by atoms with Gasteiger partial charge in [0.15, 0.2) is 0 Å². The van der Waals surface area contributed by atoms with Crippen LogP contribution in [0.2, 0.25) is 0 Å². The van der Waals surface area contributed by atoms with E-state index in [1.807, 2.05) is 0 Å². The Kier molecular flexibility index (Phi) is 4.76. The van der Waals surface area contributed by atoms with Crippen molar-refractivity contribution in [3.63, 3.8) is 0 Å². The van der Waals surface area contributed by atoms with Crippen LogP contribution in [0.3, 0.4) is 0 Å². The predicted molar refractivity (Wildman–Crippen MR) is 65.1 cm³/mol. The molecule has 18 heavy (non-hydrogen) atoms. The molecule has 1 unspecified atom stereocenters. The normalized spacial score (nSPS) is 11.8. The van der Waals surface area contributed by atoms with E-state index in [2.05, 4.69) is 15.5 Å². The van der Waals surface area contributed by atoms with E-state index in [4.69, 9.17) is 4.74 Å². The first-order valence-corrected chi connectivity index (χ1v) is 5.74. The largest absolute Gasteiger partial charge is 0.464 e. The number of amides is 1. The van der Waals surface area contributed by atoms with Crippen LogP contribution in [0.1, 0.15) is 35.6 Å². The van der Waals surface area contributed by atoms with Gasteiger partial charge in [0.05, 0.1) is 23.6 Å². The average molecular weight is 251 g/mol. The van der Waals surface area contributed by atoms with Crippen molar-refractivity contribution in [2.45, 2.75) is 33.7 Å². The Morgan fingerprint density at radius 3 is 2.67 bits per heavy atom. The Bertz CT molecular complexity index is 460. The van der Waals surface area contributed by atoms with E-state index < -0.39 is 12.0 Å². The standard InChI is InChI=1S/C12H17N3O3/c1-5-18-12(17)9(4)13-11(16)10-6-7(2)14-15-8(10)3/h6,9H,5H2,1-4H3,(H,13,16). The first-order valence-electron chi connectivity index (χ1n) is 5.74. The number of carbonyl (C=O) groups is 2. The maximum atomic E-state index is 12.0. The van der Waals surface area contributed by atoms with Gasteiger partial charge in [-0.15, -0.1) is 0 Å². The maximum absolute atomic E-state index is 12.0. The second-order valence-corrected chi connectivity index (χ2v) is 3.93. The molecule has 0 aliphatic heterocycles. The van der Waals surface area contributed by atoms with Crippen LogP contribution < -0.4 is 5.32 Å². The molecule has 0 spiro atoms. The Morgan fingerprint density at radius 2 is 2.06 bits per heavy atom. The van der Waals surface area contributed by atoms with Crippen molar-refractivity contribution >= 4 is 11.9 Å². The zero-order valence-electron chi connectivity index (χ0n) is 11.0. The van der Waals surface area contributed by atoms with Gasteiger partial charge in [0.2, 0.25) is 0 Å². The van der Waals surface area contributed by atoms with Gasteiger partial charge in [0.1, 0.15) is 6.04 Å². The number of rotatable bonds is 4. The third kappa shape index (κ3) is 3.51. The predicted octanol–water partition coefficient (Wildman–Crippen LogP) is 0.775. The highest BCUT2D eigenvalue weighted by Crippen LogP contribution is 2.05. The lowest BCUT2D eigenvalue weighted by Crippen LogP contribution is -2.40. The molecule has 0 saturated carbocycles. The number of esters is 1. The van der Waals surface area contributed by atoms with E-state index >= 15 is 0 Å². The van der Waals surface area contributed by atoms with E-state index in [0.717, 1.165) is 0 Å². The molecule has 1 aromatic rings. The Hall–Kier alpha value is -1.98. The van der Waals surface area contributed by atoms with Crippen LogP contribution in [-0.2, 0) is 9.53 Å². The van der Waals surface area contributed by atoms with Gasteiger partial charge in [-0.05, 0) is 33.8 Å². The quantitative estimate of drug-likeness (QED) is 0.799. The van der Waals surface area contributed by atoms with E-state index in [-0.39, 0.29) is 12.5 Å². The fourth-order valence-electron chi connectivity index (χ4n) is 1.38. The third-order valence-corrected chi connectivity index (χ3v) is 2.33. The van der Waals surface area contributed by atoms with Crippen LogP contribution in [0, 0.1) is 13.8 Å². The summed E-state index contributed by atoms with van der Waals surface area (Å²) in [5.74, 6) is -0.812. The second kappa shape index (κ2) is 6.09. The molecule has 1 N–H and O–H groups in total. The Labute approximate surface area is 106 Å². The van der Waals surface area contributed by atoms with Crippen LogP contribution in [-0.4, -0.2) is 34.7 Å². The van der Waals surface area contributed by atoms with E-state index in [0.29, 0.717) is 17.0 Å². The molecule has 0 aliphatic rings. The SMILES string of the molecule is CCOC(=O)C(C)NC(=O)c1cc(C)nnc1C. The molecule has 0 aromatic carbocycles. The molecule has 98 valence electrons. The number of aryl methyl sites for hydroxylation is 2. The van der Waals surface area contributed by atoms with Crippen LogP contribution in [0.4, 0.5) is 0 Å². The van der Waals surface area contributed by atoms with Gasteiger partial charge in [-0.3, -0.25) is 4.79 Å². The van der Waals surface area contributed by atoms with Crippen molar-refractivity contribution in [3.05, 3.63) is 23.0 Å². The molecular formula is C12H17N3O3. The summed E-state index contributed by atoms with van der Waals surface area (Å²) in [5, 5.41) is 10.3. The zero-order chi connectivity index (χ0) is 13.7. The monoisotopic (exact) mass is 251 g/mol. The fraction of sp³-hybridized carbons (Fsp3) is 0.500. The molecule has 0 aliphatic carbocycles. The van der Waals surface area contributed by atoms with Crippen LogP contribution in [0.15, 0.2) is 6.07 Å². The molecule has 1 heterocycles. The van der Waals surface area contributed by atoms with Gasteiger partial charge in [-0.2, -0.15) is 10.2 Å². The minimum absolute atomic E-state index is 0.286. The van der Waals surface area contributed by atoms with Crippen molar-refractivity contribution in [2.75, 3.05) is 6.61 Å². The molecular weight excluding hydrogens is 234 g/mol. The van der Waals surface area contributed by atoms with Crippen LogP contribution in [0.5, 0.6) is 0 Å². The van der Waals surface area contributed by atoms with Crippen molar-refractivity contribution in [1.82, 2.24) is 15.5 Å². The second-order valence-electron chi connectivity index (χ2n) is 3.93. The number of hydrogen-bond donors (Lipinski definition) is 1. The van der Waals surface area contributed by atoms with Crippen LogP contribution in [0.25, 0.3) is 0 Å². The highest BCUT2D eigenvalue weighted by atomic mass is 16.5. The maximum Gasteiger partial charge on any atom is 0.328 e. The first-order chi connectivity index (χ1) is 8.45. The Balaban J connectivity index is 2.76. The number of ether oxygens (including phenoxy) is 1. The van der Waals surface area contributed by atoms with E-state index in [1.54, 1.807) is 33.8 Å². The van der Waals surface area contributed by atoms with Gasteiger partial charge in [0, 0.05) is 0 Å². The van der Waals surface area contributed by atoms with Gasteiger partial charge in [0.25, 0.3) is 5.91 Å². The number of nitrogens with one attached hydrogen (secondary N) is 1. The molecule has 1 aromatic heterocycles. The van der Waals surface area contributed by atoms with Crippen molar-refractivity contribution in [1.29, 1.82) is 0 Å². The summed E-state index contributed by atoms with van der Waals surface area (Å²) in [6.45, 7) is 7.02. The lowest BCUT2D eigenvalue weighted by molar-refractivity contribution is -0.144. The van der Waals surface area contributed by atoms with Gasteiger partial charge in [-0.25, -0.2) is 4.79 Å². The highest BCUT2D eigenvalue weighted by Gasteiger charge is 2.19. The molecule has 6 nitrogen and oxygen atoms in total. The topological polar surface area (TPSA) is 81.2 Å². The molecule has 0 radical (unpaired) electrons. The van der Waals surface area contributed by atoms with Crippen LogP contribution >= 0.6 is 0 Å². The molecule has 6 heteroatoms. The highest BCUT2D eigenvalue weighted by molar-refractivity contribution is 5.97. The average Bonchev–Trinajstić information content (AvgIpc) is 2.32. The molecule has 0 saturated heterocycles. The van der Waals surface area contributed by atoms with E-state index in [9.17, 15) is 9.59 Å². The summed E-state index contributed by atoms with van der Waals surface area (Å²) in [6.07, 6.45) is 0. The summed E-state index contributed by atoms with van der Waals surface area (Å²) >= 11 is 0. The summed E-state index contributed by atoms with van der Waals surface area (Å²) in [5.41, 5.74) is 1.59. The van der Waals surface area contributed by atoms with Gasteiger partial charge < -0.3 is 10.1 Å². The van der Waals surface area contributed by atoms with Gasteiger partial charge in [-0.1, -0.05) is 0 Å². The molecule has 0 fully saturated rings. The number of carbonyl (C=O) groups excluding carboxylic acids is 2. The molecule has 0 bridgehead atoms. The van der Waals surface area contributed by atoms with Crippen molar-refractivity contribution in [2.24, 2.45) is 0 Å². The first kappa shape index (κ1) is 14.1. The summed E-state index contributed by atoms with van der Waals surface area (Å²) in [6, 6.07) is 0.945. The number of nitrogens with zero attached hydrogens (tertiary/aromatic N) is 2. The molecule has 1 atom stereocenters. The fourth-order valence-corrected chi connectivity index (χ4v) is 1.38. The van der Waals surface area contributed by atoms with Crippen molar-refractivity contribution < 1.29 is 14.3 Å². The minimum Gasteiger partial charge on any atom is -0.464 e. The lowest BCUT2D eigenvalue weighted by Gasteiger charge is -2.13. The molecule has 1 rings (SSSR count). The lowest BCUT2D eigenvalue weighted by atomic mass is 10.1. The van der Waals surface area contributed by atoms with Gasteiger partial charge >= 0.3 is 5.97 Å². The molecule has 1 amide bonds. The summed E-state index contributed by atoms with van der Waals surface area (Å²) < 4.78 is 4.81. The smallest absolute Gasteiger partial charge is 0.328 e. The third-order valence-electron chi connectivity index (χ3n) is 2.33. The van der Waals surface area contributed by atoms with Crippen molar-refractivity contribution in [3.8, 4) is 0 Å².